The van der Waals surface area contributed by atoms with Gasteiger partial charge in [0.2, 0.25) is 0 Å². The number of aromatic nitrogens is 1. The molecule has 0 saturated heterocycles. The van der Waals surface area contributed by atoms with Gasteiger partial charge >= 0.3 is 5.97 Å². The number of nitrogens with zero attached hydrogens (tertiary/aromatic N) is 1. The van der Waals surface area contributed by atoms with Crippen molar-refractivity contribution in [2.45, 2.75) is 12.5 Å². The van der Waals surface area contributed by atoms with Gasteiger partial charge in [-0.05, 0) is 48.4 Å². The van der Waals surface area contributed by atoms with E-state index in [9.17, 15) is 9.90 Å². The summed E-state index contributed by atoms with van der Waals surface area (Å²) in [6.07, 6.45) is 1.59. The van der Waals surface area contributed by atoms with E-state index < -0.39 is 12.1 Å². The van der Waals surface area contributed by atoms with Gasteiger partial charge in [0.1, 0.15) is 0 Å². The van der Waals surface area contributed by atoms with Gasteiger partial charge in [-0.3, -0.25) is 4.98 Å². The summed E-state index contributed by atoms with van der Waals surface area (Å²) >= 11 is 5.95. The van der Waals surface area contributed by atoms with Crippen LogP contribution in [0.15, 0.2) is 66.9 Å². The Morgan fingerprint density at radius 1 is 1.11 bits per heavy atom. The SMILES string of the molecule is O=C(O)c1ccc(-c2ccc(CCNC[C@H](O)c3cccc(Cl)c3)cc2)nc1. The first-order valence-electron chi connectivity index (χ1n) is 8.96. The van der Waals surface area contributed by atoms with E-state index in [0.29, 0.717) is 11.6 Å². The number of rotatable bonds is 8. The number of carboxylic acid groups (broad SMARTS) is 1. The van der Waals surface area contributed by atoms with Crippen molar-refractivity contribution >= 4 is 17.6 Å². The van der Waals surface area contributed by atoms with Crippen LogP contribution in [-0.4, -0.2) is 34.3 Å². The lowest BCUT2D eigenvalue weighted by molar-refractivity contribution is 0.0696. The standard InChI is InChI=1S/C22H21ClN2O3/c23-19-3-1-2-17(12-19)21(26)14-24-11-10-15-4-6-16(7-5-15)20-9-8-18(13-25-20)22(27)28/h1-9,12-13,21,24,26H,10-11,14H2,(H,27,28)/t21-/m0/s1. The molecule has 0 radical (unpaired) electrons. The Morgan fingerprint density at radius 2 is 1.89 bits per heavy atom. The van der Waals surface area contributed by atoms with Gasteiger partial charge in [-0.25, -0.2) is 4.79 Å². The largest absolute Gasteiger partial charge is 0.478 e. The number of hydrogen-bond donors (Lipinski definition) is 3. The summed E-state index contributed by atoms with van der Waals surface area (Å²) in [5.41, 5.74) is 3.80. The summed E-state index contributed by atoms with van der Waals surface area (Å²) in [6.45, 7) is 1.20. The maximum Gasteiger partial charge on any atom is 0.337 e. The normalized spacial score (nSPS) is 11.9. The van der Waals surface area contributed by atoms with Gasteiger partial charge in [-0.1, -0.05) is 48.0 Å². The molecule has 2 aromatic carbocycles. The lowest BCUT2D eigenvalue weighted by atomic mass is 10.1. The number of nitrogens with one attached hydrogen (secondary N) is 1. The Hall–Kier alpha value is -2.73. The molecule has 0 aliphatic rings. The van der Waals surface area contributed by atoms with Crippen LogP contribution >= 0.6 is 11.6 Å². The molecule has 3 N–H and O–H groups in total. The zero-order valence-electron chi connectivity index (χ0n) is 15.2. The van der Waals surface area contributed by atoms with Crippen molar-refractivity contribution in [1.82, 2.24) is 10.3 Å². The second-order valence-corrected chi connectivity index (χ2v) is 6.90. The van der Waals surface area contributed by atoms with Crippen molar-refractivity contribution in [3.05, 3.63) is 88.6 Å². The topological polar surface area (TPSA) is 82.5 Å². The molecule has 0 unspecified atom stereocenters. The molecule has 0 fully saturated rings. The van der Waals surface area contributed by atoms with Gasteiger partial charge in [0, 0.05) is 23.3 Å². The number of carboxylic acids is 1. The van der Waals surface area contributed by atoms with Crippen LogP contribution in [0.25, 0.3) is 11.3 Å². The minimum atomic E-state index is -0.984. The Kier molecular flexibility index (Phi) is 6.76. The van der Waals surface area contributed by atoms with E-state index >= 15 is 0 Å². The van der Waals surface area contributed by atoms with Gasteiger partial charge in [-0.15, -0.1) is 0 Å². The van der Waals surface area contributed by atoms with Crippen LogP contribution in [0.1, 0.15) is 27.6 Å². The zero-order valence-corrected chi connectivity index (χ0v) is 15.9. The second kappa shape index (κ2) is 9.46. The number of aromatic carboxylic acids is 1. The fraction of sp³-hybridized carbons (Fsp3) is 0.182. The second-order valence-electron chi connectivity index (χ2n) is 6.46. The maximum atomic E-state index is 10.9. The maximum absolute atomic E-state index is 10.9. The molecule has 5 nitrogen and oxygen atoms in total. The lowest BCUT2D eigenvalue weighted by Crippen LogP contribution is -2.23. The molecule has 1 aromatic heterocycles. The van der Waals surface area contributed by atoms with E-state index in [0.717, 1.165) is 35.3 Å². The van der Waals surface area contributed by atoms with E-state index in [1.165, 1.54) is 6.20 Å². The first-order valence-corrected chi connectivity index (χ1v) is 9.33. The third kappa shape index (κ3) is 5.39. The predicted molar refractivity (Wildman–Crippen MR) is 110 cm³/mol. The molecule has 1 heterocycles. The van der Waals surface area contributed by atoms with Crippen molar-refractivity contribution in [2.75, 3.05) is 13.1 Å². The zero-order chi connectivity index (χ0) is 19.9. The van der Waals surface area contributed by atoms with E-state index in [2.05, 4.69) is 10.3 Å². The van der Waals surface area contributed by atoms with Crippen molar-refractivity contribution in [2.24, 2.45) is 0 Å². The predicted octanol–water partition coefficient (Wildman–Crippen LogP) is 3.97. The Labute approximate surface area is 168 Å². The van der Waals surface area contributed by atoms with Crippen LogP contribution in [0.4, 0.5) is 0 Å². The Balaban J connectivity index is 1.48. The number of carbonyl (C=O) groups is 1. The summed E-state index contributed by atoms with van der Waals surface area (Å²) in [6, 6.07) is 18.5. The van der Waals surface area contributed by atoms with Crippen LogP contribution in [0, 0.1) is 0 Å². The number of pyridine rings is 1. The first-order chi connectivity index (χ1) is 13.5. The van der Waals surface area contributed by atoms with E-state index in [-0.39, 0.29) is 5.56 Å². The molecule has 0 amide bonds. The van der Waals surface area contributed by atoms with Crippen molar-refractivity contribution in [1.29, 1.82) is 0 Å². The molecular formula is C22H21ClN2O3. The van der Waals surface area contributed by atoms with Gasteiger partial charge < -0.3 is 15.5 Å². The average Bonchev–Trinajstić information content (AvgIpc) is 2.71. The molecule has 0 aliphatic carbocycles. The third-order valence-electron chi connectivity index (χ3n) is 4.42. The fourth-order valence-electron chi connectivity index (χ4n) is 2.84. The summed E-state index contributed by atoms with van der Waals surface area (Å²) in [5.74, 6) is -0.984. The highest BCUT2D eigenvalue weighted by Gasteiger charge is 2.07. The van der Waals surface area contributed by atoms with Gasteiger partial charge in [-0.2, -0.15) is 0 Å². The molecule has 0 spiro atoms. The van der Waals surface area contributed by atoms with Gasteiger partial charge in [0.25, 0.3) is 0 Å². The highest BCUT2D eigenvalue weighted by molar-refractivity contribution is 6.30. The number of aliphatic hydroxyl groups is 1. The highest BCUT2D eigenvalue weighted by atomic mass is 35.5. The van der Waals surface area contributed by atoms with Crippen molar-refractivity contribution < 1.29 is 15.0 Å². The summed E-state index contributed by atoms with van der Waals surface area (Å²) in [7, 11) is 0. The van der Waals surface area contributed by atoms with Crippen LogP contribution in [0.2, 0.25) is 5.02 Å². The molecule has 6 heteroatoms. The Bertz CT molecular complexity index is 927. The number of benzene rings is 2. The molecule has 144 valence electrons. The quantitative estimate of drug-likeness (QED) is 0.502. The smallest absolute Gasteiger partial charge is 0.337 e. The number of halogens is 1. The summed E-state index contributed by atoms with van der Waals surface area (Å²) in [5, 5.41) is 23.0. The number of hydrogen-bond acceptors (Lipinski definition) is 4. The van der Waals surface area contributed by atoms with Crippen LogP contribution < -0.4 is 5.32 Å². The van der Waals surface area contributed by atoms with Crippen LogP contribution in [0.5, 0.6) is 0 Å². The molecule has 1 atom stereocenters. The van der Waals surface area contributed by atoms with Crippen LogP contribution in [-0.2, 0) is 6.42 Å². The van der Waals surface area contributed by atoms with Crippen LogP contribution in [0.3, 0.4) is 0 Å². The molecule has 28 heavy (non-hydrogen) atoms. The Morgan fingerprint density at radius 3 is 2.54 bits per heavy atom. The number of aliphatic hydroxyl groups excluding tert-OH is 1. The third-order valence-corrected chi connectivity index (χ3v) is 4.66. The van der Waals surface area contributed by atoms with Gasteiger partial charge in [0.15, 0.2) is 0 Å². The average molecular weight is 397 g/mol. The van der Waals surface area contributed by atoms with E-state index in [1.54, 1.807) is 24.3 Å². The minimum Gasteiger partial charge on any atom is -0.478 e. The van der Waals surface area contributed by atoms with Crippen molar-refractivity contribution in [3.8, 4) is 11.3 Å². The molecule has 3 rings (SSSR count). The summed E-state index contributed by atoms with van der Waals surface area (Å²) in [4.78, 5) is 15.1. The van der Waals surface area contributed by atoms with Crippen molar-refractivity contribution in [3.63, 3.8) is 0 Å². The minimum absolute atomic E-state index is 0.173. The van der Waals surface area contributed by atoms with Gasteiger partial charge in [0.05, 0.1) is 17.4 Å². The van der Waals surface area contributed by atoms with E-state index in [4.69, 9.17) is 16.7 Å². The fourth-order valence-corrected chi connectivity index (χ4v) is 3.04. The summed E-state index contributed by atoms with van der Waals surface area (Å²) < 4.78 is 0. The highest BCUT2D eigenvalue weighted by Crippen LogP contribution is 2.19. The molecule has 0 aliphatic heterocycles. The molecule has 0 bridgehead atoms. The van der Waals surface area contributed by atoms with E-state index in [1.807, 2.05) is 36.4 Å². The first kappa shape index (κ1) is 20.0. The molecular weight excluding hydrogens is 376 g/mol. The molecule has 0 saturated carbocycles. The molecule has 3 aromatic rings. The lowest BCUT2D eigenvalue weighted by Gasteiger charge is -2.12. The monoisotopic (exact) mass is 396 g/mol.